The minimum Gasteiger partial charge on any atom is -0.493 e. The molecule has 0 spiro atoms. The Kier molecular flexibility index (Phi) is 5.01. The normalized spacial score (nSPS) is 15.1. The van der Waals surface area contributed by atoms with E-state index in [4.69, 9.17) is 13.9 Å². The van der Waals surface area contributed by atoms with Crippen molar-refractivity contribution in [1.82, 2.24) is 5.32 Å². The summed E-state index contributed by atoms with van der Waals surface area (Å²) in [6.45, 7) is 1.49. The number of hydrogen-bond donors (Lipinski definition) is 1. The van der Waals surface area contributed by atoms with E-state index in [1.54, 1.807) is 13.4 Å². The number of furan rings is 1. The fourth-order valence-electron chi connectivity index (χ4n) is 2.85. The highest BCUT2D eigenvalue weighted by molar-refractivity contribution is 5.43. The Morgan fingerprint density at radius 2 is 2.00 bits per heavy atom. The van der Waals surface area contributed by atoms with Crippen LogP contribution in [0.15, 0.2) is 41.0 Å². The van der Waals surface area contributed by atoms with Crippen molar-refractivity contribution in [3.63, 3.8) is 0 Å². The molecule has 22 heavy (non-hydrogen) atoms. The predicted molar refractivity (Wildman–Crippen MR) is 85.1 cm³/mol. The largest absolute Gasteiger partial charge is 0.493 e. The molecule has 0 bridgehead atoms. The van der Waals surface area contributed by atoms with Gasteiger partial charge in [0.15, 0.2) is 11.5 Å². The highest BCUT2D eigenvalue weighted by atomic mass is 16.5. The number of rotatable bonds is 7. The lowest BCUT2D eigenvalue weighted by atomic mass is 10.2. The summed E-state index contributed by atoms with van der Waals surface area (Å²) in [7, 11) is 1.69. The van der Waals surface area contributed by atoms with Gasteiger partial charge in [0, 0.05) is 6.54 Å². The molecule has 0 radical (unpaired) electrons. The first-order valence-corrected chi connectivity index (χ1v) is 7.92. The van der Waals surface area contributed by atoms with E-state index in [9.17, 15) is 0 Å². The maximum absolute atomic E-state index is 6.12. The van der Waals surface area contributed by atoms with Gasteiger partial charge in [-0.05, 0) is 55.5 Å². The summed E-state index contributed by atoms with van der Waals surface area (Å²) in [5.74, 6) is 2.60. The van der Waals surface area contributed by atoms with E-state index in [1.807, 2.05) is 18.2 Å². The number of benzene rings is 1. The van der Waals surface area contributed by atoms with Crippen LogP contribution in [-0.2, 0) is 13.1 Å². The zero-order valence-electron chi connectivity index (χ0n) is 13.0. The Hall–Kier alpha value is -1.94. The van der Waals surface area contributed by atoms with E-state index in [0.717, 1.165) is 43.2 Å². The molecule has 1 fully saturated rings. The number of methoxy groups -OCH3 is 1. The van der Waals surface area contributed by atoms with Gasteiger partial charge in [0.05, 0.1) is 26.0 Å². The molecule has 0 amide bonds. The molecule has 0 atom stereocenters. The maximum Gasteiger partial charge on any atom is 0.161 e. The van der Waals surface area contributed by atoms with Gasteiger partial charge in [0.2, 0.25) is 0 Å². The van der Waals surface area contributed by atoms with Gasteiger partial charge >= 0.3 is 0 Å². The van der Waals surface area contributed by atoms with Gasteiger partial charge in [0.25, 0.3) is 0 Å². The minimum absolute atomic E-state index is 0.334. The molecule has 0 unspecified atom stereocenters. The van der Waals surface area contributed by atoms with Crippen molar-refractivity contribution in [3.8, 4) is 11.5 Å². The molecule has 1 aliphatic carbocycles. The van der Waals surface area contributed by atoms with E-state index < -0.39 is 0 Å². The zero-order chi connectivity index (χ0) is 15.2. The van der Waals surface area contributed by atoms with Crippen molar-refractivity contribution in [1.29, 1.82) is 0 Å². The molecule has 0 saturated heterocycles. The standard InChI is InChI=1S/C18H23NO3/c1-20-17-9-8-14(12-19-13-16-7-4-10-21-16)11-18(17)22-15-5-2-3-6-15/h4,7-11,15,19H,2-3,5-6,12-13H2,1H3. The summed E-state index contributed by atoms with van der Waals surface area (Å²) in [6.07, 6.45) is 6.83. The SMILES string of the molecule is COc1ccc(CNCc2ccco2)cc1OC1CCCC1. The molecule has 1 aliphatic rings. The molecular weight excluding hydrogens is 278 g/mol. The first-order valence-electron chi connectivity index (χ1n) is 7.92. The van der Waals surface area contributed by atoms with E-state index in [0.29, 0.717) is 6.10 Å². The lowest BCUT2D eigenvalue weighted by molar-refractivity contribution is 0.200. The zero-order valence-corrected chi connectivity index (χ0v) is 13.0. The highest BCUT2D eigenvalue weighted by Gasteiger charge is 2.18. The smallest absolute Gasteiger partial charge is 0.161 e. The lowest BCUT2D eigenvalue weighted by Crippen LogP contribution is -2.14. The van der Waals surface area contributed by atoms with Gasteiger partial charge in [-0.2, -0.15) is 0 Å². The van der Waals surface area contributed by atoms with Crippen LogP contribution in [0.3, 0.4) is 0 Å². The number of ether oxygens (including phenoxy) is 2. The Morgan fingerprint density at radius 3 is 2.73 bits per heavy atom. The molecule has 1 saturated carbocycles. The molecular formula is C18H23NO3. The molecule has 1 N–H and O–H groups in total. The molecule has 4 nitrogen and oxygen atoms in total. The quantitative estimate of drug-likeness (QED) is 0.842. The molecule has 2 aromatic rings. The van der Waals surface area contributed by atoms with Crippen LogP contribution in [0.1, 0.15) is 37.0 Å². The van der Waals surface area contributed by atoms with Crippen LogP contribution in [0.5, 0.6) is 11.5 Å². The van der Waals surface area contributed by atoms with Crippen LogP contribution in [0.25, 0.3) is 0 Å². The molecule has 1 heterocycles. The van der Waals surface area contributed by atoms with Crippen molar-refractivity contribution in [2.24, 2.45) is 0 Å². The third kappa shape index (κ3) is 3.83. The Morgan fingerprint density at radius 1 is 1.14 bits per heavy atom. The topological polar surface area (TPSA) is 43.6 Å². The molecule has 118 valence electrons. The van der Waals surface area contributed by atoms with Crippen molar-refractivity contribution < 1.29 is 13.9 Å². The van der Waals surface area contributed by atoms with Crippen molar-refractivity contribution >= 4 is 0 Å². The summed E-state index contributed by atoms with van der Waals surface area (Å²) < 4.78 is 16.8. The van der Waals surface area contributed by atoms with Crippen LogP contribution in [0.2, 0.25) is 0 Å². The van der Waals surface area contributed by atoms with Gasteiger partial charge in [-0.25, -0.2) is 0 Å². The summed E-state index contributed by atoms with van der Waals surface area (Å²) in [6, 6.07) is 9.99. The van der Waals surface area contributed by atoms with Gasteiger partial charge in [0.1, 0.15) is 5.76 Å². The van der Waals surface area contributed by atoms with E-state index >= 15 is 0 Å². The summed E-state index contributed by atoms with van der Waals surface area (Å²) >= 11 is 0. The average Bonchev–Trinajstić information content (AvgIpc) is 3.21. The van der Waals surface area contributed by atoms with Crippen molar-refractivity contribution in [3.05, 3.63) is 47.9 Å². The summed E-state index contributed by atoms with van der Waals surface area (Å²) in [4.78, 5) is 0. The van der Waals surface area contributed by atoms with Crippen LogP contribution >= 0.6 is 0 Å². The molecule has 3 rings (SSSR count). The second kappa shape index (κ2) is 7.36. The first-order chi connectivity index (χ1) is 10.8. The first kappa shape index (κ1) is 15.0. The second-order valence-corrected chi connectivity index (χ2v) is 5.69. The third-order valence-corrected chi connectivity index (χ3v) is 4.03. The molecule has 0 aliphatic heterocycles. The van der Waals surface area contributed by atoms with E-state index in [-0.39, 0.29) is 0 Å². The highest BCUT2D eigenvalue weighted by Crippen LogP contribution is 2.32. The number of nitrogens with one attached hydrogen (secondary N) is 1. The summed E-state index contributed by atoms with van der Waals surface area (Å²) in [5, 5.41) is 3.37. The van der Waals surface area contributed by atoms with E-state index in [2.05, 4.69) is 17.4 Å². The van der Waals surface area contributed by atoms with Gasteiger partial charge in [-0.1, -0.05) is 6.07 Å². The van der Waals surface area contributed by atoms with Crippen LogP contribution in [-0.4, -0.2) is 13.2 Å². The second-order valence-electron chi connectivity index (χ2n) is 5.69. The Balaban J connectivity index is 1.61. The Labute approximate surface area is 131 Å². The van der Waals surface area contributed by atoms with Gasteiger partial charge < -0.3 is 19.2 Å². The lowest BCUT2D eigenvalue weighted by Gasteiger charge is -2.17. The molecule has 1 aromatic heterocycles. The summed E-state index contributed by atoms with van der Waals surface area (Å²) in [5.41, 5.74) is 1.18. The molecule has 1 aromatic carbocycles. The van der Waals surface area contributed by atoms with Crippen LogP contribution < -0.4 is 14.8 Å². The average molecular weight is 301 g/mol. The van der Waals surface area contributed by atoms with E-state index in [1.165, 1.54) is 18.4 Å². The number of hydrogen-bond acceptors (Lipinski definition) is 4. The van der Waals surface area contributed by atoms with Crippen molar-refractivity contribution in [2.45, 2.75) is 44.9 Å². The fourth-order valence-corrected chi connectivity index (χ4v) is 2.85. The van der Waals surface area contributed by atoms with Gasteiger partial charge in [-0.3, -0.25) is 0 Å². The minimum atomic E-state index is 0.334. The maximum atomic E-state index is 6.12. The van der Waals surface area contributed by atoms with Crippen LogP contribution in [0.4, 0.5) is 0 Å². The van der Waals surface area contributed by atoms with Crippen LogP contribution in [0, 0.1) is 0 Å². The predicted octanol–water partition coefficient (Wildman–Crippen LogP) is 3.90. The van der Waals surface area contributed by atoms with Crippen molar-refractivity contribution in [2.75, 3.05) is 7.11 Å². The van der Waals surface area contributed by atoms with Gasteiger partial charge in [-0.15, -0.1) is 0 Å². The molecule has 4 heteroatoms. The Bertz CT molecular complexity index is 574. The monoisotopic (exact) mass is 301 g/mol. The third-order valence-electron chi connectivity index (χ3n) is 4.03. The fraction of sp³-hybridized carbons (Fsp3) is 0.444.